The van der Waals surface area contributed by atoms with Crippen molar-refractivity contribution in [3.63, 3.8) is 0 Å². The summed E-state index contributed by atoms with van der Waals surface area (Å²) in [6, 6.07) is 7.27. The topological polar surface area (TPSA) is 80.7 Å². The first kappa shape index (κ1) is 23.2. The van der Waals surface area contributed by atoms with Crippen molar-refractivity contribution < 1.29 is 36.9 Å². The van der Waals surface area contributed by atoms with Gasteiger partial charge in [0, 0.05) is 22.9 Å². The molecule has 166 valence electrons. The van der Waals surface area contributed by atoms with E-state index in [2.05, 4.69) is 26.3 Å². The van der Waals surface area contributed by atoms with E-state index in [1.807, 2.05) is 0 Å². The molecular weight excluding hydrogens is 472 g/mol. The average Bonchev–Trinajstić information content (AvgIpc) is 3.19. The largest absolute Gasteiger partial charge is 0.573 e. The molecule has 1 aromatic heterocycles. The van der Waals surface area contributed by atoms with E-state index in [0.29, 0.717) is 21.5 Å². The third kappa shape index (κ3) is 6.29. The number of ether oxygens (including phenoxy) is 2. The maximum Gasteiger partial charge on any atom is 0.573 e. The van der Waals surface area contributed by atoms with Crippen molar-refractivity contribution in [2.45, 2.75) is 11.4 Å². The molecule has 0 radical (unpaired) electrons. The van der Waals surface area contributed by atoms with E-state index in [1.165, 1.54) is 36.6 Å². The van der Waals surface area contributed by atoms with Gasteiger partial charge in [0.15, 0.2) is 16.6 Å². The standard InChI is InChI=1S/C20H12F4N2O4S2/c1-29-16-9-12(19(27)28)4-6-14(16)26-32-18-10-31-17(25-18)7-3-11-2-5-13(21)15(8-11)30-20(22,23)24/h2,4-6,8-10,26H,1H3,(H,27,28). The van der Waals surface area contributed by atoms with Crippen LogP contribution in [0.1, 0.15) is 20.9 Å². The summed E-state index contributed by atoms with van der Waals surface area (Å²) in [6.07, 6.45) is -5.02. The number of nitrogens with zero attached hydrogens (tertiary/aromatic N) is 1. The molecule has 0 aliphatic carbocycles. The molecule has 0 saturated heterocycles. The van der Waals surface area contributed by atoms with Gasteiger partial charge >= 0.3 is 12.3 Å². The number of carboxylic acid groups (broad SMARTS) is 1. The number of benzene rings is 2. The fourth-order valence-electron chi connectivity index (χ4n) is 2.29. The number of aromatic carboxylic acids is 1. The van der Waals surface area contributed by atoms with E-state index in [4.69, 9.17) is 9.84 Å². The van der Waals surface area contributed by atoms with Gasteiger partial charge in [0.25, 0.3) is 0 Å². The molecule has 0 unspecified atom stereocenters. The van der Waals surface area contributed by atoms with Gasteiger partial charge in [-0.05, 0) is 42.3 Å². The highest BCUT2D eigenvalue weighted by molar-refractivity contribution is 8.00. The monoisotopic (exact) mass is 484 g/mol. The Bertz CT molecular complexity index is 1200. The number of rotatable bonds is 6. The van der Waals surface area contributed by atoms with Crippen molar-refractivity contribution in [3.05, 3.63) is 63.7 Å². The highest BCUT2D eigenvalue weighted by Gasteiger charge is 2.32. The Morgan fingerprint density at radius 1 is 1.19 bits per heavy atom. The van der Waals surface area contributed by atoms with Gasteiger partial charge < -0.3 is 19.3 Å². The third-order valence-electron chi connectivity index (χ3n) is 3.67. The van der Waals surface area contributed by atoms with Gasteiger partial charge in [-0.2, -0.15) is 0 Å². The van der Waals surface area contributed by atoms with Gasteiger partial charge in [-0.3, -0.25) is 0 Å². The summed E-state index contributed by atoms with van der Waals surface area (Å²) in [6.45, 7) is 0. The predicted molar refractivity (Wildman–Crippen MR) is 111 cm³/mol. The molecule has 3 aromatic rings. The first-order chi connectivity index (χ1) is 15.1. The summed E-state index contributed by atoms with van der Waals surface area (Å²) < 4.78 is 62.3. The number of hydrogen-bond donors (Lipinski definition) is 2. The summed E-state index contributed by atoms with van der Waals surface area (Å²) >= 11 is 2.33. The van der Waals surface area contributed by atoms with E-state index in [0.717, 1.165) is 24.1 Å². The number of anilines is 1. The predicted octanol–water partition coefficient (Wildman–Crippen LogP) is 5.41. The molecular formula is C20H12F4N2O4S2. The van der Waals surface area contributed by atoms with E-state index in [1.54, 1.807) is 11.4 Å². The lowest BCUT2D eigenvalue weighted by molar-refractivity contribution is -0.275. The lowest BCUT2D eigenvalue weighted by Crippen LogP contribution is -2.18. The Morgan fingerprint density at radius 2 is 1.97 bits per heavy atom. The van der Waals surface area contributed by atoms with Crippen LogP contribution in [0.2, 0.25) is 0 Å². The highest BCUT2D eigenvalue weighted by Crippen LogP contribution is 2.31. The van der Waals surface area contributed by atoms with Crippen molar-refractivity contribution in [2.24, 2.45) is 0 Å². The van der Waals surface area contributed by atoms with E-state index in [9.17, 15) is 22.4 Å². The third-order valence-corrected chi connectivity index (χ3v) is 5.31. The fourth-order valence-corrected chi connectivity index (χ4v) is 3.73. The van der Waals surface area contributed by atoms with E-state index in [-0.39, 0.29) is 11.1 Å². The number of carbonyl (C=O) groups is 1. The Balaban J connectivity index is 1.69. The van der Waals surface area contributed by atoms with Crippen LogP contribution in [0.25, 0.3) is 0 Å². The Morgan fingerprint density at radius 3 is 2.66 bits per heavy atom. The average molecular weight is 484 g/mol. The molecule has 6 nitrogen and oxygen atoms in total. The van der Waals surface area contributed by atoms with Crippen LogP contribution < -0.4 is 14.2 Å². The van der Waals surface area contributed by atoms with Crippen molar-refractivity contribution in [1.29, 1.82) is 0 Å². The maximum absolute atomic E-state index is 13.5. The van der Waals surface area contributed by atoms with Gasteiger partial charge in [0.1, 0.15) is 10.8 Å². The molecule has 12 heteroatoms. The second-order valence-electron chi connectivity index (χ2n) is 5.86. The number of hydrogen-bond acceptors (Lipinski definition) is 7. The van der Waals surface area contributed by atoms with Crippen LogP contribution in [0.3, 0.4) is 0 Å². The molecule has 2 aromatic carbocycles. The maximum atomic E-state index is 13.5. The van der Waals surface area contributed by atoms with Gasteiger partial charge in [-0.25, -0.2) is 14.2 Å². The van der Waals surface area contributed by atoms with Crippen LogP contribution in [-0.4, -0.2) is 29.5 Å². The molecule has 0 spiro atoms. The normalized spacial score (nSPS) is 10.8. The molecule has 0 fully saturated rings. The molecule has 0 aliphatic rings. The molecule has 32 heavy (non-hydrogen) atoms. The molecule has 0 aliphatic heterocycles. The number of carboxylic acids is 1. The minimum absolute atomic E-state index is 0.0770. The summed E-state index contributed by atoms with van der Waals surface area (Å²) in [4.78, 5) is 15.3. The van der Waals surface area contributed by atoms with Crippen molar-refractivity contribution in [2.75, 3.05) is 11.8 Å². The summed E-state index contributed by atoms with van der Waals surface area (Å²) in [5.41, 5.74) is 0.733. The van der Waals surface area contributed by atoms with Gasteiger partial charge in [-0.15, -0.1) is 24.5 Å². The fraction of sp³-hybridized carbons (Fsp3) is 0.100. The molecule has 3 rings (SSSR count). The number of alkyl halides is 3. The van der Waals surface area contributed by atoms with Crippen LogP contribution in [0.15, 0.2) is 46.8 Å². The van der Waals surface area contributed by atoms with Crippen LogP contribution in [0.4, 0.5) is 23.2 Å². The molecule has 0 saturated carbocycles. The summed E-state index contributed by atoms with van der Waals surface area (Å²) in [5.74, 6) is 2.45. The van der Waals surface area contributed by atoms with Crippen molar-refractivity contribution >= 4 is 34.9 Å². The SMILES string of the molecule is COc1cc(C(=O)O)ccc1NSc1csc(C#Cc2ccc(F)c(OC(F)(F)F)c2)n1. The number of halogens is 4. The summed E-state index contributed by atoms with van der Waals surface area (Å²) in [5, 5.41) is 11.7. The first-order valence-electron chi connectivity index (χ1n) is 8.51. The minimum atomic E-state index is -5.02. The second kappa shape index (κ2) is 9.80. The van der Waals surface area contributed by atoms with Crippen LogP contribution in [0, 0.1) is 17.7 Å². The highest BCUT2D eigenvalue weighted by atomic mass is 32.2. The number of nitrogens with one attached hydrogen (secondary N) is 1. The van der Waals surface area contributed by atoms with E-state index >= 15 is 0 Å². The molecule has 1 heterocycles. The lowest BCUT2D eigenvalue weighted by atomic mass is 10.2. The van der Waals surface area contributed by atoms with Gasteiger partial charge in [0.2, 0.25) is 0 Å². The number of thiazole rings is 1. The smallest absolute Gasteiger partial charge is 0.495 e. The van der Waals surface area contributed by atoms with Crippen molar-refractivity contribution in [3.8, 4) is 23.3 Å². The van der Waals surface area contributed by atoms with Crippen LogP contribution in [0.5, 0.6) is 11.5 Å². The van der Waals surface area contributed by atoms with E-state index < -0.39 is 23.9 Å². The number of aromatic nitrogens is 1. The molecule has 0 bridgehead atoms. The first-order valence-corrected chi connectivity index (χ1v) is 10.2. The van der Waals surface area contributed by atoms with Crippen molar-refractivity contribution in [1.82, 2.24) is 4.98 Å². The molecule has 0 atom stereocenters. The zero-order valence-electron chi connectivity index (χ0n) is 16.0. The minimum Gasteiger partial charge on any atom is -0.495 e. The Labute approximate surface area is 187 Å². The Kier molecular flexibility index (Phi) is 7.12. The second-order valence-corrected chi connectivity index (χ2v) is 7.54. The molecule has 2 N–H and O–H groups in total. The Hall–Kier alpha value is -3.43. The van der Waals surface area contributed by atoms with Crippen LogP contribution in [-0.2, 0) is 0 Å². The van der Waals surface area contributed by atoms with Gasteiger partial charge in [0.05, 0.1) is 18.4 Å². The quantitative estimate of drug-likeness (QED) is 0.275. The summed E-state index contributed by atoms with van der Waals surface area (Å²) in [7, 11) is 1.41. The number of methoxy groups -OCH3 is 1. The zero-order valence-corrected chi connectivity index (χ0v) is 17.6. The zero-order chi connectivity index (χ0) is 23.3. The molecule has 0 amide bonds. The lowest BCUT2D eigenvalue weighted by Gasteiger charge is -2.10. The van der Waals surface area contributed by atoms with Crippen LogP contribution >= 0.6 is 23.3 Å². The van der Waals surface area contributed by atoms with Gasteiger partial charge in [-0.1, -0.05) is 5.92 Å².